The van der Waals surface area contributed by atoms with Crippen LogP contribution < -0.4 is 5.32 Å². The summed E-state index contributed by atoms with van der Waals surface area (Å²) in [7, 11) is -2.86. The van der Waals surface area contributed by atoms with E-state index in [0.717, 1.165) is 13.1 Å². The lowest BCUT2D eigenvalue weighted by atomic mass is 10.1. The predicted molar refractivity (Wildman–Crippen MR) is 79.0 cm³/mol. The van der Waals surface area contributed by atoms with Crippen molar-refractivity contribution in [2.75, 3.05) is 24.3 Å². The molecule has 1 aromatic rings. The third-order valence-electron chi connectivity index (χ3n) is 2.53. The molecule has 0 saturated heterocycles. The highest BCUT2D eigenvalue weighted by molar-refractivity contribution is 8.00. The fraction of sp³-hybridized carbons (Fsp3) is 0.538. The number of hydrogen-bond acceptors (Lipinski definition) is 4. The molecule has 5 heteroatoms. The van der Waals surface area contributed by atoms with E-state index >= 15 is 0 Å². The van der Waals surface area contributed by atoms with Crippen LogP contribution in [0, 0.1) is 6.92 Å². The lowest BCUT2D eigenvalue weighted by Crippen LogP contribution is -2.11. The van der Waals surface area contributed by atoms with Crippen molar-refractivity contribution in [3.05, 3.63) is 29.3 Å². The Morgan fingerprint density at radius 3 is 2.61 bits per heavy atom. The summed E-state index contributed by atoms with van der Waals surface area (Å²) >= 11 is 1.61. The van der Waals surface area contributed by atoms with E-state index in [1.54, 1.807) is 11.8 Å². The molecule has 0 bridgehead atoms. The molecule has 0 heterocycles. The van der Waals surface area contributed by atoms with Gasteiger partial charge in [0.25, 0.3) is 0 Å². The number of sulfone groups is 1. The minimum absolute atomic E-state index is 0.232. The van der Waals surface area contributed by atoms with Crippen LogP contribution in [0.3, 0.4) is 0 Å². The molecule has 0 atom stereocenters. The van der Waals surface area contributed by atoms with Crippen molar-refractivity contribution >= 4 is 21.6 Å². The standard InChI is InChI=1S/C13H21NO2S2/c1-4-14-10-12-5-6-13(11(2)9-12)17-7-8-18(3,15)16/h5-6,9,14H,4,7-8,10H2,1-3H3. The third-order valence-corrected chi connectivity index (χ3v) is 4.91. The molecule has 18 heavy (non-hydrogen) atoms. The largest absolute Gasteiger partial charge is 0.313 e. The molecule has 0 aliphatic heterocycles. The second-order valence-electron chi connectivity index (χ2n) is 4.36. The second-order valence-corrected chi connectivity index (χ2v) is 7.76. The zero-order valence-electron chi connectivity index (χ0n) is 11.2. The van der Waals surface area contributed by atoms with E-state index in [4.69, 9.17) is 0 Å². The van der Waals surface area contributed by atoms with Crippen molar-refractivity contribution in [2.45, 2.75) is 25.3 Å². The molecule has 0 unspecified atom stereocenters. The lowest BCUT2D eigenvalue weighted by molar-refractivity contribution is 0.603. The van der Waals surface area contributed by atoms with Crippen LogP contribution in [-0.4, -0.2) is 32.7 Å². The van der Waals surface area contributed by atoms with Gasteiger partial charge in [0.15, 0.2) is 0 Å². The summed E-state index contributed by atoms with van der Waals surface area (Å²) < 4.78 is 22.1. The number of thioether (sulfide) groups is 1. The fourth-order valence-corrected chi connectivity index (χ4v) is 3.77. The number of hydrogen-bond donors (Lipinski definition) is 1. The molecule has 1 aromatic carbocycles. The van der Waals surface area contributed by atoms with Crippen LogP contribution >= 0.6 is 11.8 Å². The Morgan fingerprint density at radius 2 is 2.06 bits per heavy atom. The number of rotatable bonds is 7. The van der Waals surface area contributed by atoms with Gasteiger partial charge in [0.05, 0.1) is 5.75 Å². The summed E-state index contributed by atoms with van der Waals surface area (Å²) in [6, 6.07) is 6.33. The van der Waals surface area contributed by atoms with E-state index < -0.39 is 9.84 Å². The van der Waals surface area contributed by atoms with Crippen molar-refractivity contribution < 1.29 is 8.42 Å². The number of benzene rings is 1. The zero-order valence-corrected chi connectivity index (χ0v) is 12.8. The monoisotopic (exact) mass is 287 g/mol. The molecular formula is C13H21NO2S2. The molecule has 102 valence electrons. The van der Waals surface area contributed by atoms with E-state index in [1.807, 2.05) is 0 Å². The van der Waals surface area contributed by atoms with Crippen LogP contribution in [0.1, 0.15) is 18.1 Å². The highest BCUT2D eigenvalue weighted by Crippen LogP contribution is 2.23. The quantitative estimate of drug-likeness (QED) is 0.781. The lowest BCUT2D eigenvalue weighted by Gasteiger charge is -2.08. The van der Waals surface area contributed by atoms with Gasteiger partial charge in [-0.25, -0.2) is 8.42 Å². The van der Waals surface area contributed by atoms with Gasteiger partial charge >= 0.3 is 0 Å². The van der Waals surface area contributed by atoms with Crippen molar-refractivity contribution in [2.24, 2.45) is 0 Å². The Hall–Kier alpha value is -0.520. The Balaban J connectivity index is 2.57. The van der Waals surface area contributed by atoms with Gasteiger partial charge in [-0.1, -0.05) is 19.1 Å². The van der Waals surface area contributed by atoms with Crippen molar-refractivity contribution in [3.63, 3.8) is 0 Å². The van der Waals surface area contributed by atoms with Crippen molar-refractivity contribution in [1.29, 1.82) is 0 Å². The molecule has 0 amide bonds. The summed E-state index contributed by atoms with van der Waals surface area (Å²) in [5.41, 5.74) is 2.48. The van der Waals surface area contributed by atoms with Gasteiger partial charge in [0.2, 0.25) is 0 Å². The first-order chi connectivity index (χ1) is 8.42. The zero-order chi connectivity index (χ0) is 13.6. The molecule has 0 radical (unpaired) electrons. The smallest absolute Gasteiger partial charge is 0.148 e. The maximum absolute atomic E-state index is 11.1. The molecule has 0 aromatic heterocycles. The van der Waals surface area contributed by atoms with Gasteiger partial charge in [0, 0.05) is 23.4 Å². The van der Waals surface area contributed by atoms with Crippen molar-refractivity contribution in [3.8, 4) is 0 Å². The Labute approximate surface area is 114 Å². The predicted octanol–water partition coefficient (Wildman–Crippen LogP) is 2.24. The second kappa shape index (κ2) is 7.16. The first kappa shape index (κ1) is 15.5. The molecule has 0 aliphatic carbocycles. The van der Waals surface area contributed by atoms with Gasteiger partial charge in [-0.15, -0.1) is 11.8 Å². The van der Waals surface area contributed by atoms with Gasteiger partial charge in [0.1, 0.15) is 9.84 Å². The molecule has 1 N–H and O–H groups in total. The van der Waals surface area contributed by atoms with Crippen LogP contribution in [-0.2, 0) is 16.4 Å². The number of nitrogens with one attached hydrogen (secondary N) is 1. The molecule has 1 rings (SSSR count). The minimum Gasteiger partial charge on any atom is -0.313 e. The fourth-order valence-electron chi connectivity index (χ4n) is 1.56. The molecular weight excluding hydrogens is 266 g/mol. The highest BCUT2D eigenvalue weighted by Gasteiger charge is 2.05. The van der Waals surface area contributed by atoms with Crippen LogP contribution in [0.15, 0.2) is 23.1 Å². The Kier molecular flexibility index (Phi) is 6.18. The Morgan fingerprint density at radius 1 is 1.33 bits per heavy atom. The van der Waals surface area contributed by atoms with Gasteiger partial charge in [-0.2, -0.15) is 0 Å². The first-order valence-corrected chi connectivity index (χ1v) is 9.07. The maximum atomic E-state index is 11.1. The van der Waals surface area contributed by atoms with Crippen LogP contribution in [0.4, 0.5) is 0 Å². The van der Waals surface area contributed by atoms with E-state index in [-0.39, 0.29) is 5.75 Å². The summed E-state index contributed by atoms with van der Waals surface area (Å²) in [4.78, 5) is 1.17. The molecule has 0 fully saturated rings. The normalized spacial score (nSPS) is 11.7. The van der Waals surface area contributed by atoms with Gasteiger partial charge < -0.3 is 5.32 Å². The SMILES string of the molecule is CCNCc1ccc(SCCS(C)(=O)=O)c(C)c1. The molecule has 0 saturated carbocycles. The summed E-state index contributed by atoms with van der Waals surface area (Å²) in [6.07, 6.45) is 1.28. The van der Waals surface area contributed by atoms with Crippen molar-refractivity contribution in [1.82, 2.24) is 5.32 Å². The van der Waals surface area contributed by atoms with Gasteiger partial charge in [-0.3, -0.25) is 0 Å². The molecule has 0 aliphatic rings. The van der Waals surface area contributed by atoms with Crippen LogP contribution in [0.2, 0.25) is 0 Å². The Bertz CT molecular complexity index is 484. The van der Waals surface area contributed by atoms with E-state index in [0.29, 0.717) is 5.75 Å². The van der Waals surface area contributed by atoms with Gasteiger partial charge in [-0.05, 0) is 30.7 Å². The summed E-state index contributed by atoms with van der Waals surface area (Å²) in [5.74, 6) is 0.850. The molecule has 3 nitrogen and oxygen atoms in total. The van der Waals surface area contributed by atoms with Crippen LogP contribution in [0.25, 0.3) is 0 Å². The first-order valence-electron chi connectivity index (χ1n) is 6.03. The third kappa shape index (κ3) is 5.89. The maximum Gasteiger partial charge on any atom is 0.148 e. The summed E-state index contributed by atoms with van der Waals surface area (Å²) in [5, 5.41) is 3.29. The summed E-state index contributed by atoms with van der Waals surface area (Å²) in [6.45, 7) is 6.00. The van der Waals surface area contributed by atoms with E-state index in [1.165, 1.54) is 22.3 Å². The molecule has 0 spiro atoms. The van der Waals surface area contributed by atoms with Crippen LogP contribution in [0.5, 0.6) is 0 Å². The average molecular weight is 287 g/mol. The minimum atomic E-state index is -2.86. The number of aryl methyl sites for hydroxylation is 1. The topological polar surface area (TPSA) is 46.2 Å². The highest BCUT2D eigenvalue weighted by atomic mass is 32.2. The van der Waals surface area contributed by atoms with E-state index in [2.05, 4.69) is 37.4 Å². The van der Waals surface area contributed by atoms with E-state index in [9.17, 15) is 8.42 Å². The average Bonchev–Trinajstić information content (AvgIpc) is 2.27.